The van der Waals surface area contributed by atoms with Crippen LogP contribution in [0.25, 0.3) is 0 Å². The van der Waals surface area contributed by atoms with Crippen molar-refractivity contribution >= 4 is 0 Å². The molecule has 0 aromatic rings. The van der Waals surface area contributed by atoms with Crippen LogP contribution in [-0.2, 0) is 0 Å². The largest absolute Gasteiger partial charge is 0.313 e. The number of rotatable bonds is 8. The highest BCUT2D eigenvalue weighted by atomic mass is 15.2. The van der Waals surface area contributed by atoms with Crippen LogP contribution in [0.1, 0.15) is 60.3 Å². The predicted molar refractivity (Wildman–Crippen MR) is 85.5 cm³/mol. The third-order valence-corrected chi connectivity index (χ3v) is 4.48. The highest BCUT2D eigenvalue weighted by Gasteiger charge is 2.28. The zero-order valence-electron chi connectivity index (χ0n) is 13.9. The van der Waals surface area contributed by atoms with Gasteiger partial charge in [0.1, 0.15) is 0 Å². The van der Waals surface area contributed by atoms with Crippen LogP contribution in [-0.4, -0.2) is 37.1 Å². The second-order valence-electron chi connectivity index (χ2n) is 7.19. The van der Waals surface area contributed by atoms with Crippen molar-refractivity contribution in [3.63, 3.8) is 0 Å². The van der Waals surface area contributed by atoms with Crippen molar-refractivity contribution in [2.75, 3.05) is 26.2 Å². The van der Waals surface area contributed by atoms with E-state index in [2.05, 4.69) is 44.8 Å². The summed E-state index contributed by atoms with van der Waals surface area (Å²) in [6.07, 6.45) is 5.34. The molecule has 2 heteroatoms. The normalized spacial score (nSPS) is 25.4. The molecule has 1 heterocycles. The van der Waals surface area contributed by atoms with Gasteiger partial charge in [-0.1, -0.05) is 41.0 Å². The van der Waals surface area contributed by atoms with Crippen molar-refractivity contribution < 1.29 is 0 Å². The second kappa shape index (κ2) is 8.97. The summed E-state index contributed by atoms with van der Waals surface area (Å²) >= 11 is 0. The summed E-state index contributed by atoms with van der Waals surface area (Å²) in [5.74, 6) is 2.51. The Labute approximate surface area is 121 Å². The van der Waals surface area contributed by atoms with Gasteiger partial charge in [-0.25, -0.2) is 0 Å². The number of nitrogens with zero attached hydrogens (tertiary/aromatic N) is 1. The molecule has 1 rings (SSSR count). The Morgan fingerprint density at radius 3 is 2.47 bits per heavy atom. The zero-order valence-corrected chi connectivity index (χ0v) is 13.9. The quantitative estimate of drug-likeness (QED) is 0.721. The molecule has 0 saturated carbocycles. The van der Waals surface area contributed by atoms with Crippen LogP contribution in [0, 0.1) is 17.8 Å². The Balaban J connectivity index is 2.40. The molecule has 2 unspecified atom stereocenters. The van der Waals surface area contributed by atoms with Crippen LogP contribution in [0.15, 0.2) is 0 Å². The molecule has 1 fully saturated rings. The predicted octanol–water partition coefficient (Wildman–Crippen LogP) is 3.77. The van der Waals surface area contributed by atoms with Gasteiger partial charge in [-0.3, -0.25) is 0 Å². The number of unbranched alkanes of at least 4 members (excludes halogenated alkanes) is 1. The van der Waals surface area contributed by atoms with Crippen LogP contribution in [0.4, 0.5) is 0 Å². The molecule has 1 saturated heterocycles. The van der Waals surface area contributed by atoms with Crippen molar-refractivity contribution in [3.8, 4) is 0 Å². The van der Waals surface area contributed by atoms with E-state index >= 15 is 0 Å². The van der Waals surface area contributed by atoms with Gasteiger partial charge < -0.3 is 10.2 Å². The van der Waals surface area contributed by atoms with Gasteiger partial charge >= 0.3 is 0 Å². The topological polar surface area (TPSA) is 15.3 Å². The number of hydrogen-bond acceptors (Lipinski definition) is 2. The molecule has 0 bridgehead atoms. The minimum absolute atomic E-state index is 0.719. The molecule has 1 N–H and O–H groups in total. The van der Waals surface area contributed by atoms with E-state index in [0.717, 1.165) is 23.8 Å². The maximum atomic E-state index is 3.80. The van der Waals surface area contributed by atoms with Gasteiger partial charge in [-0.2, -0.15) is 0 Å². The molecule has 0 spiro atoms. The number of nitrogens with one attached hydrogen (secondary N) is 1. The molecule has 114 valence electrons. The van der Waals surface area contributed by atoms with Crippen LogP contribution in [0.2, 0.25) is 0 Å². The highest BCUT2D eigenvalue weighted by Crippen LogP contribution is 2.24. The Kier molecular flexibility index (Phi) is 8.01. The molecule has 0 aromatic heterocycles. The number of hydrogen-bond donors (Lipinski definition) is 1. The summed E-state index contributed by atoms with van der Waals surface area (Å²) in [6.45, 7) is 16.8. The molecule has 2 nitrogen and oxygen atoms in total. The standard InChI is InChI=1S/C17H36N2/c1-6-7-10-19-12-16(15(4)5)11-17(13-19)18-9-8-14(2)3/h14-18H,6-13H2,1-5H3. The fourth-order valence-electron chi connectivity index (χ4n) is 3.00. The third kappa shape index (κ3) is 6.76. The van der Waals surface area contributed by atoms with E-state index in [1.165, 1.54) is 51.9 Å². The van der Waals surface area contributed by atoms with Crippen molar-refractivity contribution in [1.29, 1.82) is 0 Å². The first kappa shape index (κ1) is 17.0. The fourth-order valence-corrected chi connectivity index (χ4v) is 3.00. The molecule has 0 radical (unpaired) electrons. The summed E-state index contributed by atoms with van der Waals surface area (Å²) in [7, 11) is 0. The van der Waals surface area contributed by atoms with Gasteiger partial charge in [-0.05, 0) is 50.1 Å². The molecule has 2 atom stereocenters. The van der Waals surface area contributed by atoms with E-state index in [1.807, 2.05) is 0 Å². The maximum absolute atomic E-state index is 3.80. The third-order valence-electron chi connectivity index (χ3n) is 4.48. The van der Waals surface area contributed by atoms with Crippen molar-refractivity contribution in [1.82, 2.24) is 10.2 Å². The lowest BCUT2D eigenvalue weighted by Crippen LogP contribution is -2.50. The van der Waals surface area contributed by atoms with Gasteiger partial charge in [0.25, 0.3) is 0 Å². The van der Waals surface area contributed by atoms with E-state index in [4.69, 9.17) is 0 Å². The van der Waals surface area contributed by atoms with E-state index in [0.29, 0.717) is 0 Å². The molecule has 19 heavy (non-hydrogen) atoms. The average molecular weight is 268 g/mol. The lowest BCUT2D eigenvalue weighted by atomic mass is 9.85. The Bertz CT molecular complexity index is 225. The first-order valence-electron chi connectivity index (χ1n) is 8.48. The van der Waals surface area contributed by atoms with Gasteiger partial charge in [0.15, 0.2) is 0 Å². The van der Waals surface area contributed by atoms with Crippen LogP contribution < -0.4 is 5.32 Å². The SMILES string of the molecule is CCCCN1CC(NCCC(C)C)CC(C(C)C)C1. The van der Waals surface area contributed by atoms with Gasteiger partial charge in [0.05, 0.1) is 0 Å². The lowest BCUT2D eigenvalue weighted by molar-refractivity contribution is 0.114. The van der Waals surface area contributed by atoms with Gasteiger partial charge in [-0.15, -0.1) is 0 Å². The van der Waals surface area contributed by atoms with Crippen molar-refractivity contribution in [2.24, 2.45) is 17.8 Å². The fraction of sp³-hybridized carbons (Fsp3) is 1.00. The Morgan fingerprint density at radius 1 is 1.16 bits per heavy atom. The molecule has 0 aliphatic carbocycles. The summed E-state index contributed by atoms with van der Waals surface area (Å²) < 4.78 is 0. The smallest absolute Gasteiger partial charge is 0.0198 e. The van der Waals surface area contributed by atoms with Crippen molar-refractivity contribution in [2.45, 2.75) is 66.3 Å². The minimum Gasteiger partial charge on any atom is -0.313 e. The molecular formula is C17H36N2. The van der Waals surface area contributed by atoms with Crippen molar-refractivity contribution in [3.05, 3.63) is 0 Å². The van der Waals surface area contributed by atoms with E-state index < -0.39 is 0 Å². The number of likely N-dealkylation sites (tertiary alicyclic amines) is 1. The summed E-state index contributed by atoms with van der Waals surface area (Å²) in [5, 5.41) is 3.80. The molecular weight excluding hydrogens is 232 g/mol. The minimum atomic E-state index is 0.719. The summed E-state index contributed by atoms with van der Waals surface area (Å²) in [4.78, 5) is 2.70. The monoisotopic (exact) mass is 268 g/mol. The van der Waals surface area contributed by atoms with Gasteiger partial charge in [0, 0.05) is 19.1 Å². The second-order valence-corrected chi connectivity index (χ2v) is 7.19. The first-order valence-corrected chi connectivity index (χ1v) is 8.48. The highest BCUT2D eigenvalue weighted by molar-refractivity contribution is 4.84. The van der Waals surface area contributed by atoms with Gasteiger partial charge in [0.2, 0.25) is 0 Å². The van der Waals surface area contributed by atoms with E-state index in [9.17, 15) is 0 Å². The summed E-state index contributed by atoms with van der Waals surface area (Å²) in [6, 6.07) is 0.719. The Hall–Kier alpha value is -0.0800. The van der Waals surface area contributed by atoms with E-state index in [1.54, 1.807) is 0 Å². The Morgan fingerprint density at radius 2 is 1.89 bits per heavy atom. The zero-order chi connectivity index (χ0) is 14.3. The maximum Gasteiger partial charge on any atom is 0.0198 e. The average Bonchev–Trinajstić information content (AvgIpc) is 2.35. The lowest BCUT2D eigenvalue weighted by Gasteiger charge is -2.40. The first-order chi connectivity index (χ1) is 9.02. The molecule has 1 aliphatic heterocycles. The van der Waals surface area contributed by atoms with Crippen LogP contribution in [0.5, 0.6) is 0 Å². The van der Waals surface area contributed by atoms with Crippen LogP contribution >= 0.6 is 0 Å². The molecule has 0 amide bonds. The molecule has 0 aromatic carbocycles. The van der Waals surface area contributed by atoms with E-state index in [-0.39, 0.29) is 0 Å². The number of piperidine rings is 1. The van der Waals surface area contributed by atoms with Crippen LogP contribution in [0.3, 0.4) is 0 Å². The summed E-state index contributed by atoms with van der Waals surface area (Å²) in [5.41, 5.74) is 0. The molecule has 1 aliphatic rings.